The average molecular weight is 370 g/mol. The molecule has 3 rings (SSSR count). The normalized spacial score (nSPS) is 11.0. The molecule has 0 aliphatic heterocycles. The zero-order valence-electron chi connectivity index (χ0n) is 15.5. The highest BCUT2D eigenvalue weighted by molar-refractivity contribution is 5.68. The number of nitrogens with zero attached hydrogens (tertiary/aromatic N) is 5. The number of aromatic nitrogens is 4. The first kappa shape index (κ1) is 18.3. The van der Waals surface area contributed by atoms with Crippen molar-refractivity contribution < 1.29 is 15.3 Å². The van der Waals surface area contributed by atoms with Gasteiger partial charge < -0.3 is 20.2 Å². The zero-order chi connectivity index (χ0) is 19.7. The van der Waals surface area contributed by atoms with Gasteiger partial charge in [-0.05, 0) is 29.7 Å². The third-order valence-corrected chi connectivity index (χ3v) is 4.10. The molecule has 0 bridgehead atoms. The molecule has 0 aliphatic carbocycles. The van der Waals surface area contributed by atoms with Crippen LogP contribution in [0.15, 0.2) is 30.5 Å². The Morgan fingerprint density at radius 3 is 2.37 bits per heavy atom. The van der Waals surface area contributed by atoms with Gasteiger partial charge in [-0.15, -0.1) is 5.10 Å². The van der Waals surface area contributed by atoms with Gasteiger partial charge in [0.15, 0.2) is 5.82 Å². The quantitative estimate of drug-likeness (QED) is 0.541. The lowest BCUT2D eigenvalue weighted by Crippen LogP contribution is -2.13. The van der Waals surface area contributed by atoms with Gasteiger partial charge in [0.2, 0.25) is 0 Å². The molecular formula is C18H22N6O3. The first-order valence-corrected chi connectivity index (χ1v) is 8.39. The second kappa shape index (κ2) is 7.02. The van der Waals surface area contributed by atoms with Crippen molar-refractivity contribution in [1.82, 2.24) is 19.9 Å². The Balaban J connectivity index is 2.01. The van der Waals surface area contributed by atoms with Crippen LogP contribution >= 0.6 is 0 Å². The topological polar surface area (TPSA) is 120 Å². The minimum atomic E-state index is -0.375. The highest BCUT2D eigenvalue weighted by Gasteiger charge is 2.20. The molecule has 4 N–H and O–H groups in total. The summed E-state index contributed by atoms with van der Waals surface area (Å²) < 4.78 is 1.24. The number of phenolic OH excluding ortho intramolecular Hbond substituents is 2. The molecule has 0 aliphatic rings. The maximum atomic E-state index is 10.3. The number of benzene rings is 1. The number of nitrogens with one attached hydrogen (secondary N) is 1. The van der Waals surface area contributed by atoms with Gasteiger partial charge in [-0.3, -0.25) is 5.43 Å². The van der Waals surface area contributed by atoms with Crippen LogP contribution in [0, 0.1) is 0 Å². The van der Waals surface area contributed by atoms with Gasteiger partial charge in [0.05, 0.1) is 17.4 Å². The first-order valence-electron chi connectivity index (χ1n) is 8.39. The molecule has 1 aromatic carbocycles. The van der Waals surface area contributed by atoms with Crippen molar-refractivity contribution >= 4 is 11.5 Å². The lowest BCUT2D eigenvalue weighted by atomic mass is 9.98. The predicted molar refractivity (Wildman–Crippen MR) is 102 cm³/mol. The Hall–Kier alpha value is -3.49. The minimum absolute atomic E-state index is 0.00188. The molecule has 0 atom stereocenters. The van der Waals surface area contributed by atoms with E-state index in [4.69, 9.17) is 0 Å². The largest absolute Gasteiger partial charge is 0.508 e. The van der Waals surface area contributed by atoms with Crippen LogP contribution < -0.4 is 10.3 Å². The van der Waals surface area contributed by atoms with Crippen LogP contribution in [0.2, 0.25) is 0 Å². The molecule has 0 saturated carbocycles. The molecule has 0 spiro atoms. The Morgan fingerprint density at radius 2 is 1.78 bits per heavy atom. The van der Waals surface area contributed by atoms with Crippen LogP contribution in [-0.4, -0.2) is 49.3 Å². The van der Waals surface area contributed by atoms with Crippen LogP contribution in [0.25, 0.3) is 11.4 Å². The predicted octanol–water partition coefficient (Wildman–Crippen LogP) is 2.52. The highest BCUT2D eigenvalue weighted by Crippen LogP contribution is 2.37. The number of anilines is 2. The van der Waals surface area contributed by atoms with E-state index in [1.54, 1.807) is 18.3 Å². The molecule has 2 heterocycles. The van der Waals surface area contributed by atoms with E-state index in [9.17, 15) is 15.3 Å². The van der Waals surface area contributed by atoms with Crippen molar-refractivity contribution in [3.63, 3.8) is 0 Å². The van der Waals surface area contributed by atoms with Gasteiger partial charge >= 0.3 is 6.01 Å². The number of rotatable bonds is 5. The maximum Gasteiger partial charge on any atom is 0.334 e. The average Bonchev–Trinajstić information content (AvgIpc) is 2.96. The number of pyridine rings is 1. The van der Waals surface area contributed by atoms with Crippen LogP contribution in [0.3, 0.4) is 0 Å². The molecule has 9 heteroatoms. The number of hydrogen-bond donors (Lipinski definition) is 4. The third-order valence-electron chi connectivity index (χ3n) is 4.10. The van der Waals surface area contributed by atoms with Crippen LogP contribution in [0.1, 0.15) is 25.3 Å². The lowest BCUT2D eigenvalue weighted by Gasteiger charge is -2.15. The monoisotopic (exact) mass is 370 g/mol. The SMILES string of the molecule is CC(C)c1cc(-c2nnc(O)n2Nc2ccc(N(C)C)nc2)c(O)cc1O. The summed E-state index contributed by atoms with van der Waals surface area (Å²) in [6, 6.07) is 6.12. The van der Waals surface area contributed by atoms with Gasteiger partial charge in [0.1, 0.15) is 17.3 Å². The summed E-state index contributed by atoms with van der Waals surface area (Å²) in [6.45, 7) is 3.85. The Kier molecular flexibility index (Phi) is 4.76. The maximum absolute atomic E-state index is 10.3. The summed E-state index contributed by atoms with van der Waals surface area (Å²) in [5, 5.41) is 38.0. The number of hydrogen-bond acceptors (Lipinski definition) is 8. The van der Waals surface area contributed by atoms with E-state index >= 15 is 0 Å². The van der Waals surface area contributed by atoms with E-state index in [2.05, 4.69) is 20.6 Å². The molecule has 0 unspecified atom stereocenters. The van der Waals surface area contributed by atoms with Gasteiger partial charge in [-0.1, -0.05) is 18.9 Å². The molecular weight excluding hydrogens is 348 g/mol. The molecule has 0 radical (unpaired) electrons. The first-order chi connectivity index (χ1) is 12.8. The lowest BCUT2D eigenvalue weighted by molar-refractivity contribution is 0.414. The van der Waals surface area contributed by atoms with Gasteiger partial charge in [-0.25, -0.2) is 4.98 Å². The number of aromatic hydroxyl groups is 3. The van der Waals surface area contributed by atoms with E-state index in [1.165, 1.54) is 10.7 Å². The van der Waals surface area contributed by atoms with E-state index in [-0.39, 0.29) is 29.3 Å². The summed E-state index contributed by atoms with van der Waals surface area (Å²) in [6.07, 6.45) is 1.61. The summed E-state index contributed by atoms with van der Waals surface area (Å²) >= 11 is 0. The summed E-state index contributed by atoms with van der Waals surface area (Å²) in [7, 11) is 3.78. The Morgan fingerprint density at radius 1 is 1.04 bits per heavy atom. The smallest absolute Gasteiger partial charge is 0.334 e. The zero-order valence-corrected chi connectivity index (χ0v) is 15.5. The molecule has 0 amide bonds. The van der Waals surface area contributed by atoms with Crippen molar-refractivity contribution in [3.05, 3.63) is 36.0 Å². The van der Waals surface area contributed by atoms with Crippen molar-refractivity contribution in [1.29, 1.82) is 0 Å². The second-order valence-electron chi connectivity index (χ2n) is 6.65. The second-order valence-corrected chi connectivity index (χ2v) is 6.65. The van der Waals surface area contributed by atoms with Crippen molar-refractivity contribution in [2.24, 2.45) is 0 Å². The summed E-state index contributed by atoms with van der Waals surface area (Å²) in [5.74, 6) is 0.839. The summed E-state index contributed by atoms with van der Waals surface area (Å²) in [5.41, 5.74) is 4.54. The Bertz CT molecular complexity index is 950. The molecule has 3 aromatic rings. The Labute approximate surface area is 156 Å². The molecule has 9 nitrogen and oxygen atoms in total. The van der Waals surface area contributed by atoms with Crippen molar-refractivity contribution in [2.75, 3.05) is 24.4 Å². The van der Waals surface area contributed by atoms with Crippen molar-refractivity contribution in [2.45, 2.75) is 19.8 Å². The van der Waals surface area contributed by atoms with Gasteiger partial charge in [-0.2, -0.15) is 4.68 Å². The number of phenols is 2. The molecule has 0 saturated heterocycles. The van der Waals surface area contributed by atoms with E-state index < -0.39 is 0 Å². The van der Waals surface area contributed by atoms with E-state index in [0.29, 0.717) is 16.8 Å². The van der Waals surface area contributed by atoms with Crippen LogP contribution in [-0.2, 0) is 0 Å². The van der Waals surface area contributed by atoms with Gasteiger partial charge in [0.25, 0.3) is 0 Å². The standard InChI is InChI=1S/C18H22N6O3/c1-10(2)12-7-13(15(26)8-14(12)25)17-20-21-18(27)24(17)22-11-5-6-16(19-9-11)23(3)4/h5-10,22,25-26H,1-4H3,(H,21,27). The molecule has 0 fully saturated rings. The molecule has 142 valence electrons. The molecule has 27 heavy (non-hydrogen) atoms. The van der Waals surface area contributed by atoms with E-state index in [1.807, 2.05) is 38.9 Å². The van der Waals surface area contributed by atoms with Crippen LogP contribution in [0.5, 0.6) is 17.5 Å². The fourth-order valence-electron chi connectivity index (χ4n) is 2.63. The fraction of sp³-hybridized carbons (Fsp3) is 0.278. The molecule has 2 aromatic heterocycles. The fourth-order valence-corrected chi connectivity index (χ4v) is 2.63. The van der Waals surface area contributed by atoms with Crippen molar-refractivity contribution in [3.8, 4) is 28.9 Å². The van der Waals surface area contributed by atoms with E-state index in [0.717, 1.165) is 5.82 Å². The highest BCUT2D eigenvalue weighted by atomic mass is 16.3. The minimum Gasteiger partial charge on any atom is -0.508 e. The summed E-state index contributed by atoms with van der Waals surface area (Å²) in [4.78, 5) is 6.17. The van der Waals surface area contributed by atoms with Gasteiger partial charge in [0, 0.05) is 20.2 Å². The van der Waals surface area contributed by atoms with Crippen LogP contribution in [0.4, 0.5) is 11.5 Å². The third kappa shape index (κ3) is 3.57.